The third kappa shape index (κ3) is 3.52. The van der Waals surface area contributed by atoms with Gasteiger partial charge >= 0.3 is 5.69 Å². The van der Waals surface area contributed by atoms with Crippen molar-refractivity contribution in [2.75, 3.05) is 11.9 Å². The number of aliphatic hydroxyl groups is 1. The quantitative estimate of drug-likeness (QED) is 0.676. The van der Waals surface area contributed by atoms with Crippen molar-refractivity contribution < 1.29 is 5.11 Å². The molecule has 3 rings (SSSR count). The summed E-state index contributed by atoms with van der Waals surface area (Å²) in [5.74, 6) is 0.451. The van der Waals surface area contributed by atoms with Crippen molar-refractivity contribution >= 4 is 17.1 Å². The van der Waals surface area contributed by atoms with Crippen LogP contribution >= 0.6 is 0 Å². The van der Waals surface area contributed by atoms with Gasteiger partial charge in [0.25, 0.3) is 5.56 Å². The number of hydrogen-bond acceptors (Lipinski definition) is 5. The number of hydrogen-bond donors (Lipinski definition) is 2. The van der Waals surface area contributed by atoms with E-state index in [1.165, 1.54) is 9.13 Å². The van der Waals surface area contributed by atoms with E-state index < -0.39 is 11.8 Å². The Labute approximate surface area is 156 Å². The lowest BCUT2D eigenvalue weighted by Gasteiger charge is -2.12. The fourth-order valence-corrected chi connectivity index (χ4v) is 3.05. The van der Waals surface area contributed by atoms with E-state index in [-0.39, 0.29) is 18.6 Å². The van der Waals surface area contributed by atoms with Crippen molar-refractivity contribution in [1.82, 2.24) is 18.7 Å². The first-order valence-corrected chi connectivity index (χ1v) is 9.01. The molecule has 2 aromatic heterocycles. The Balaban J connectivity index is 2.24. The molecule has 0 fully saturated rings. The van der Waals surface area contributed by atoms with Gasteiger partial charge < -0.3 is 10.4 Å². The minimum atomic E-state index is -0.575. The van der Waals surface area contributed by atoms with Crippen LogP contribution in [-0.2, 0) is 20.1 Å². The summed E-state index contributed by atoms with van der Waals surface area (Å²) >= 11 is 0. The van der Waals surface area contributed by atoms with Crippen LogP contribution in [0.4, 0.5) is 5.95 Å². The molecule has 0 saturated carbocycles. The second-order valence-corrected chi connectivity index (χ2v) is 6.80. The van der Waals surface area contributed by atoms with Gasteiger partial charge in [-0.3, -0.25) is 18.5 Å². The van der Waals surface area contributed by atoms with Crippen LogP contribution in [-0.4, -0.2) is 36.4 Å². The highest BCUT2D eigenvalue weighted by molar-refractivity contribution is 5.74. The largest absolute Gasteiger partial charge is 0.392 e. The Morgan fingerprint density at radius 1 is 1.19 bits per heavy atom. The zero-order valence-electron chi connectivity index (χ0n) is 16.1. The molecule has 0 aliphatic carbocycles. The lowest BCUT2D eigenvalue weighted by Crippen LogP contribution is -2.39. The van der Waals surface area contributed by atoms with Gasteiger partial charge in [0.2, 0.25) is 5.95 Å². The Morgan fingerprint density at radius 3 is 2.44 bits per heavy atom. The van der Waals surface area contributed by atoms with Crippen molar-refractivity contribution in [2.24, 2.45) is 7.05 Å². The number of anilines is 1. The first kappa shape index (κ1) is 18.9. The summed E-state index contributed by atoms with van der Waals surface area (Å²) in [6, 6.07) is 8.02. The van der Waals surface area contributed by atoms with Crippen LogP contribution in [0.15, 0.2) is 33.9 Å². The smallest absolute Gasteiger partial charge is 0.332 e. The van der Waals surface area contributed by atoms with Crippen LogP contribution in [0, 0.1) is 6.92 Å². The van der Waals surface area contributed by atoms with Crippen LogP contribution < -0.4 is 16.6 Å². The molecule has 2 heterocycles. The first-order valence-electron chi connectivity index (χ1n) is 9.01. The van der Waals surface area contributed by atoms with E-state index in [2.05, 4.69) is 10.3 Å². The van der Waals surface area contributed by atoms with E-state index in [0.717, 1.165) is 11.1 Å². The lowest BCUT2D eigenvalue weighted by molar-refractivity contribution is 0.208. The molecular weight excluding hydrogens is 346 g/mol. The number of imidazole rings is 1. The minimum absolute atomic E-state index is 0.285. The number of aromatic nitrogens is 4. The van der Waals surface area contributed by atoms with Gasteiger partial charge in [0.1, 0.15) is 0 Å². The van der Waals surface area contributed by atoms with E-state index >= 15 is 0 Å². The molecule has 0 amide bonds. The Bertz CT molecular complexity index is 1070. The molecule has 8 heteroatoms. The third-order valence-electron chi connectivity index (χ3n) is 4.57. The summed E-state index contributed by atoms with van der Waals surface area (Å²) in [6.07, 6.45) is -0.575. The number of rotatable bonds is 6. The Morgan fingerprint density at radius 2 is 1.85 bits per heavy atom. The van der Waals surface area contributed by atoms with E-state index in [9.17, 15) is 14.7 Å². The topological polar surface area (TPSA) is 94.1 Å². The van der Waals surface area contributed by atoms with Crippen LogP contribution in [0.2, 0.25) is 0 Å². The highest BCUT2D eigenvalue weighted by Crippen LogP contribution is 2.18. The van der Waals surface area contributed by atoms with Gasteiger partial charge in [0, 0.05) is 20.1 Å². The number of aliphatic hydroxyl groups excluding tert-OH is 1. The summed E-state index contributed by atoms with van der Waals surface area (Å²) in [5, 5.41) is 12.7. The molecular formula is C19H25N5O3. The maximum absolute atomic E-state index is 13.0. The maximum atomic E-state index is 13.0. The molecule has 8 nitrogen and oxygen atoms in total. The number of benzene rings is 1. The molecule has 0 aliphatic heterocycles. The second-order valence-electron chi connectivity index (χ2n) is 6.80. The fraction of sp³-hybridized carbons (Fsp3) is 0.421. The maximum Gasteiger partial charge on any atom is 0.332 e. The van der Waals surface area contributed by atoms with Gasteiger partial charge in [-0.15, -0.1) is 0 Å². The van der Waals surface area contributed by atoms with Gasteiger partial charge in [-0.1, -0.05) is 29.8 Å². The third-order valence-corrected chi connectivity index (χ3v) is 4.57. The number of fused-ring (bicyclic) bond motifs is 1. The number of nitrogens with one attached hydrogen (secondary N) is 1. The molecule has 0 bridgehead atoms. The molecule has 0 unspecified atom stereocenters. The number of aryl methyl sites for hydroxylation is 2. The molecule has 1 atom stereocenters. The molecule has 0 saturated heterocycles. The standard InChI is InChI=1S/C19H25N5O3/c1-5-23-17(26)15-16(22(4)19(23)27)21-18(20-10-13(3)25)24(15)11-14-8-6-12(2)7-9-14/h6-9,13,25H,5,10-11H2,1-4H3,(H,20,21)/t13-/m1/s1. The summed E-state index contributed by atoms with van der Waals surface area (Å²) < 4.78 is 4.36. The molecule has 0 aliphatic rings. The predicted octanol–water partition coefficient (Wildman–Crippen LogP) is 1.07. The van der Waals surface area contributed by atoms with Gasteiger partial charge in [-0.25, -0.2) is 4.79 Å². The normalized spacial score (nSPS) is 12.5. The predicted molar refractivity (Wildman–Crippen MR) is 105 cm³/mol. The SMILES string of the molecule is CCn1c(=O)c2c(nc(NC[C@@H](C)O)n2Cc2ccc(C)cc2)n(C)c1=O. The molecule has 27 heavy (non-hydrogen) atoms. The van der Waals surface area contributed by atoms with Crippen molar-refractivity contribution in [3.63, 3.8) is 0 Å². The van der Waals surface area contributed by atoms with E-state index in [1.54, 1.807) is 25.5 Å². The van der Waals surface area contributed by atoms with Crippen LogP contribution in [0.5, 0.6) is 0 Å². The minimum Gasteiger partial charge on any atom is -0.392 e. The van der Waals surface area contributed by atoms with E-state index in [1.807, 2.05) is 31.2 Å². The Kier molecular flexibility index (Phi) is 5.18. The molecule has 0 spiro atoms. The van der Waals surface area contributed by atoms with Gasteiger partial charge in [-0.2, -0.15) is 4.98 Å². The highest BCUT2D eigenvalue weighted by atomic mass is 16.3. The van der Waals surface area contributed by atoms with Crippen molar-refractivity contribution in [2.45, 2.75) is 40.0 Å². The average molecular weight is 371 g/mol. The molecule has 0 radical (unpaired) electrons. The van der Waals surface area contributed by atoms with Crippen molar-refractivity contribution in [3.8, 4) is 0 Å². The summed E-state index contributed by atoms with van der Waals surface area (Å²) in [6.45, 7) is 6.44. The van der Waals surface area contributed by atoms with Gasteiger partial charge in [0.15, 0.2) is 11.2 Å². The van der Waals surface area contributed by atoms with E-state index in [4.69, 9.17) is 0 Å². The average Bonchev–Trinajstić information content (AvgIpc) is 2.99. The Hall–Kier alpha value is -2.87. The molecule has 2 N–H and O–H groups in total. The lowest BCUT2D eigenvalue weighted by atomic mass is 10.1. The second kappa shape index (κ2) is 7.40. The fourth-order valence-electron chi connectivity index (χ4n) is 3.05. The van der Waals surface area contributed by atoms with Crippen LogP contribution in [0.25, 0.3) is 11.2 Å². The zero-order valence-corrected chi connectivity index (χ0v) is 16.1. The summed E-state index contributed by atoms with van der Waals surface area (Å²) in [5.41, 5.74) is 2.11. The molecule has 144 valence electrons. The summed E-state index contributed by atoms with van der Waals surface area (Å²) in [7, 11) is 1.61. The molecule has 1 aromatic carbocycles. The van der Waals surface area contributed by atoms with Crippen LogP contribution in [0.3, 0.4) is 0 Å². The number of nitrogens with zero attached hydrogens (tertiary/aromatic N) is 4. The van der Waals surface area contributed by atoms with Gasteiger partial charge in [0.05, 0.1) is 12.6 Å². The zero-order chi connectivity index (χ0) is 19.7. The van der Waals surface area contributed by atoms with E-state index in [0.29, 0.717) is 23.7 Å². The van der Waals surface area contributed by atoms with Gasteiger partial charge in [-0.05, 0) is 26.3 Å². The first-order chi connectivity index (χ1) is 12.8. The molecule has 3 aromatic rings. The highest BCUT2D eigenvalue weighted by Gasteiger charge is 2.20. The van der Waals surface area contributed by atoms with Crippen LogP contribution in [0.1, 0.15) is 25.0 Å². The summed E-state index contributed by atoms with van der Waals surface area (Å²) in [4.78, 5) is 29.9. The monoisotopic (exact) mass is 371 g/mol. The van der Waals surface area contributed by atoms with Crippen molar-refractivity contribution in [3.05, 3.63) is 56.2 Å². The van der Waals surface area contributed by atoms with Crippen molar-refractivity contribution in [1.29, 1.82) is 0 Å².